The van der Waals surface area contributed by atoms with Gasteiger partial charge in [-0.05, 0) is 18.4 Å². The summed E-state index contributed by atoms with van der Waals surface area (Å²) in [6.45, 7) is 1.98. The molecule has 1 aromatic carbocycles. The first-order chi connectivity index (χ1) is 7.35. The van der Waals surface area contributed by atoms with Gasteiger partial charge < -0.3 is 9.59 Å². The van der Waals surface area contributed by atoms with Crippen molar-refractivity contribution in [3.8, 4) is 0 Å². The lowest BCUT2D eigenvalue weighted by molar-refractivity contribution is -0.108. The Hall–Kier alpha value is -1.44. The molecule has 0 aromatic heterocycles. The Morgan fingerprint density at radius 1 is 1.00 bits per heavy atom. The van der Waals surface area contributed by atoms with E-state index in [0.717, 1.165) is 25.4 Å². The Bertz CT molecular complexity index is 254. The van der Waals surface area contributed by atoms with Crippen molar-refractivity contribution in [3.05, 3.63) is 35.9 Å². The normalized spacial score (nSPS) is 8.60. The fourth-order valence-electron chi connectivity index (χ4n) is 0.988. The van der Waals surface area contributed by atoms with Crippen LogP contribution in [0, 0.1) is 0 Å². The Morgan fingerprint density at radius 3 is 2.00 bits per heavy atom. The maximum absolute atomic E-state index is 9.98. The third kappa shape index (κ3) is 8.88. The molecule has 0 saturated heterocycles. The predicted octanol–water partition coefficient (Wildman–Crippen LogP) is 2.80. The molecule has 0 aliphatic rings. The molecule has 0 aliphatic heterocycles. The van der Waals surface area contributed by atoms with Crippen LogP contribution in [0.15, 0.2) is 30.3 Å². The fourth-order valence-corrected chi connectivity index (χ4v) is 0.988. The number of carbonyl (C=O) groups excluding carboxylic acids is 2. The van der Waals surface area contributed by atoms with Crippen molar-refractivity contribution < 1.29 is 9.59 Å². The SMILES string of the molecule is CCCC=O.O=CCCc1ccccc1. The second-order valence-corrected chi connectivity index (χ2v) is 3.15. The second kappa shape index (κ2) is 10.6. The van der Waals surface area contributed by atoms with Crippen molar-refractivity contribution in [2.24, 2.45) is 0 Å². The summed E-state index contributed by atoms with van der Waals surface area (Å²) in [4.78, 5) is 19.4. The topological polar surface area (TPSA) is 34.1 Å². The largest absolute Gasteiger partial charge is 0.303 e. The van der Waals surface area contributed by atoms with E-state index >= 15 is 0 Å². The molecule has 0 N–H and O–H groups in total. The highest BCUT2D eigenvalue weighted by atomic mass is 16.1. The van der Waals surface area contributed by atoms with Gasteiger partial charge >= 0.3 is 0 Å². The zero-order chi connectivity index (χ0) is 11.4. The molecule has 2 nitrogen and oxygen atoms in total. The number of rotatable bonds is 5. The quantitative estimate of drug-likeness (QED) is 0.694. The molecule has 1 aromatic rings. The minimum absolute atomic E-state index is 0.629. The van der Waals surface area contributed by atoms with E-state index in [2.05, 4.69) is 0 Å². The van der Waals surface area contributed by atoms with Crippen molar-refractivity contribution in [1.82, 2.24) is 0 Å². The van der Waals surface area contributed by atoms with E-state index in [1.807, 2.05) is 37.3 Å². The molecule has 1 rings (SSSR count). The van der Waals surface area contributed by atoms with Crippen molar-refractivity contribution >= 4 is 12.6 Å². The molecule has 0 amide bonds. The number of aryl methyl sites for hydroxylation is 1. The highest BCUT2D eigenvalue weighted by Gasteiger charge is 1.87. The lowest BCUT2D eigenvalue weighted by atomic mass is 10.1. The summed E-state index contributed by atoms with van der Waals surface area (Å²) in [5.41, 5.74) is 1.23. The van der Waals surface area contributed by atoms with E-state index in [9.17, 15) is 9.59 Å². The van der Waals surface area contributed by atoms with Crippen LogP contribution in [0.5, 0.6) is 0 Å². The van der Waals surface area contributed by atoms with Gasteiger partial charge in [-0.1, -0.05) is 37.3 Å². The summed E-state index contributed by atoms with van der Waals surface area (Å²) in [6, 6.07) is 10.0. The number of carbonyl (C=O) groups is 2. The molecule has 0 atom stereocenters. The molecule has 0 bridgehead atoms. The van der Waals surface area contributed by atoms with Crippen LogP contribution >= 0.6 is 0 Å². The summed E-state index contributed by atoms with van der Waals surface area (Å²) in [6.07, 6.45) is 5.06. The van der Waals surface area contributed by atoms with E-state index in [1.165, 1.54) is 5.56 Å². The second-order valence-electron chi connectivity index (χ2n) is 3.15. The molecule has 0 fully saturated rings. The van der Waals surface area contributed by atoms with Gasteiger partial charge in [0.25, 0.3) is 0 Å². The highest BCUT2D eigenvalue weighted by Crippen LogP contribution is 2.00. The molecule has 0 spiro atoms. The van der Waals surface area contributed by atoms with Crippen LogP contribution in [0.25, 0.3) is 0 Å². The molecule has 0 heterocycles. The number of hydrogen-bond acceptors (Lipinski definition) is 2. The summed E-state index contributed by atoms with van der Waals surface area (Å²) in [7, 11) is 0. The average molecular weight is 206 g/mol. The van der Waals surface area contributed by atoms with E-state index < -0.39 is 0 Å². The van der Waals surface area contributed by atoms with Crippen molar-refractivity contribution in [3.63, 3.8) is 0 Å². The summed E-state index contributed by atoms with van der Waals surface area (Å²) in [5, 5.41) is 0. The van der Waals surface area contributed by atoms with Crippen LogP contribution in [0.2, 0.25) is 0 Å². The van der Waals surface area contributed by atoms with Gasteiger partial charge in [0, 0.05) is 12.8 Å². The first kappa shape index (κ1) is 13.6. The Balaban J connectivity index is 0.000000336. The first-order valence-corrected chi connectivity index (χ1v) is 5.26. The smallest absolute Gasteiger partial charge is 0.120 e. The molecule has 0 radical (unpaired) electrons. The van der Waals surface area contributed by atoms with Crippen LogP contribution in [0.1, 0.15) is 31.7 Å². The third-order valence-electron chi connectivity index (χ3n) is 1.80. The van der Waals surface area contributed by atoms with E-state index in [-0.39, 0.29) is 0 Å². The van der Waals surface area contributed by atoms with Crippen LogP contribution in [0.4, 0.5) is 0 Å². The van der Waals surface area contributed by atoms with Gasteiger partial charge in [0.15, 0.2) is 0 Å². The van der Waals surface area contributed by atoms with Crippen molar-refractivity contribution in [2.75, 3.05) is 0 Å². The van der Waals surface area contributed by atoms with E-state index in [0.29, 0.717) is 12.8 Å². The number of aldehydes is 2. The monoisotopic (exact) mass is 206 g/mol. The lowest BCUT2D eigenvalue weighted by Gasteiger charge is -1.93. The molecule has 2 heteroatoms. The zero-order valence-electron chi connectivity index (χ0n) is 9.19. The highest BCUT2D eigenvalue weighted by molar-refractivity contribution is 5.50. The minimum atomic E-state index is 0.629. The fraction of sp³-hybridized carbons (Fsp3) is 0.385. The van der Waals surface area contributed by atoms with E-state index in [1.54, 1.807) is 0 Å². The Labute approximate surface area is 91.3 Å². The molecular weight excluding hydrogens is 188 g/mol. The summed E-state index contributed by atoms with van der Waals surface area (Å²) in [5.74, 6) is 0. The average Bonchev–Trinajstić information content (AvgIpc) is 2.30. The van der Waals surface area contributed by atoms with Crippen LogP contribution in [-0.2, 0) is 16.0 Å². The molecule has 0 aliphatic carbocycles. The number of benzene rings is 1. The Kier molecular flexibility index (Phi) is 9.62. The van der Waals surface area contributed by atoms with Crippen molar-refractivity contribution in [1.29, 1.82) is 0 Å². The predicted molar refractivity (Wildman–Crippen MR) is 61.8 cm³/mol. The van der Waals surface area contributed by atoms with Gasteiger partial charge in [-0.15, -0.1) is 0 Å². The van der Waals surface area contributed by atoms with Gasteiger partial charge in [0.1, 0.15) is 12.6 Å². The van der Waals surface area contributed by atoms with Crippen molar-refractivity contribution in [2.45, 2.75) is 32.6 Å². The van der Waals surface area contributed by atoms with Crippen LogP contribution in [0.3, 0.4) is 0 Å². The zero-order valence-corrected chi connectivity index (χ0v) is 9.19. The van der Waals surface area contributed by atoms with Gasteiger partial charge in [0.05, 0.1) is 0 Å². The minimum Gasteiger partial charge on any atom is -0.303 e. The maximum Gasteiger partial charge on any atom is 0.120 e. The van der Waals surface area contributed by atoms with E-state index in [4.69, 9.17) is 0 Å². The van der Waals surface area contributed by atoms with Gasteiger partial charge in [0.2, 0.25) is 0 Å². The molecule has 0 saturated carbocycles. The van der Waals surface area contributed by atoms with Crippen LogP contribution in [-0.4, -0.2) is 12.6 Å². The van der Waals surface area contributed by atoms with Gasteiger partial charge in [-0.3, -0.25) is 0 Å². The maximum atomic E-state index is 9.98. The summed E-state index contributed by atoms with van der Waals surface area (Å²) < 4.78 is 0. The number of hydrogen-bond donors (Lipinski definition) is 0. The molecule has 0 unspecified atom stereocenters. The first-order valence-electron chi connectivity index (χ1n) is 5.26. The third-order valence-corrected chi connectivity index (χ3v) is 1.80. The van der Waals surface area contributed by atoms with Crippen LogP contribution < -0.4 is 0 Å². The Morgan fingerprint density at radius 2 is 1.60 bits per heavy atom. The molecule has 15 heavy (non-hydrogen) atoms. The standard InChI is InChI=1S/C9H10O.C4H8O/c10-8-4-7-9-5-2-1-3-6-9;1-2-3-4-5/h1-3,5-6,8H,4,7H2;4H,2-3H2,1H3. The lowest BCUT2D eigenvalue weighted by Crippen LogP contribution is -1.83. The number of unbranched alkanes of at least 4 members (excludes halogenated alkanes) is 1. The summed E-state index contributed by atoms with van der Waals surface area (Å²) >= 11 is 0. The van der Waals surface area contributed by atoms with Gasteiger partial charge in [-0.2, -0.15) is 0 Å². The molecular formula is C13H18O2. The van der Waals surface area contributed by atoms with Gasteiger partial charge in [-0.25, -0.2) is 0 Å². The molecule has 82 valence electrons.